The summed E-state index contributed by atoms with van der Waals surface area (Å²) in [6.07, 6.45) is -0.151. The van der Waals surface area contributed by atoms with Crippen LogP contribution in [0.5, 0.6) is 0 Å². The summed E-state index contributed by atoms with van der Waals surface area (Å²) in [4.78, 5) is 32.9. The van der Waals surface area contributed by atoms with Gasteiger partial charge in [-0.2, -0.15) is 0 Å². The molecule has 3 amide bonds. The predicted octanol–water partition coefficient (Wildman–Crippen LogP) is 0.399. The first-order valence-electron chi connectivity index (χ1n) is 5.66. The average molecular weight is 265 g/mol. The van der Waals surface area contributed by atoms with E-state index >= 15 is 0 Å². The molecule has 7 heteroatoms. The van der Waals surface area contributed by atoms with E-state index in [0.717, 1.165) is 0 Å². The molecule has 0 atom stereocenters. The average Bonchev–Trinajstić information content (AvgIpc) is 2.37. The number of amides is 3. The van der Waals surface area contributed by atoms with Crippen molar-refractivity contribution in [1.82, 2.24) is 10.6 Å². The SMILES string of the molecule is O=C(O)CCNC(=O)CNC(=O)Nc1ccccc1. The van der Waals surface area contributed by atoms with Crippen molar-refractivity contribution in [2.45, 2.75) is 6.42 Å². The Labute approximate surface area is 110 Å². The molecule has 0 fully saturated rings. The van der Waals surface area contributed by atoms with Gasteiger partial charge in [-0.25, -0.2) is 4.79 Å². The maximum atomic E-state index is 11.4. The summed E-state index contributed by atoms with van der Waals surface area (Å²) < 4.78 is 0. The summed E-state index contributed by atoms with van der Waals surface area (Å²) in [5.74, 6) is -1.43. The van der Waals surface area contributed by atoms with Crippen molar-refractivity contribution in [3.8, 4) is 0 Å². The summed E-state index contributed by atoms with van der Waals surface area (Å²) in [5, 5.41) is 15.7. The number of carboxylic acid groups (broad SMARTS) is 1. The zero-order valence-electron chi connectivity index (χ0n) is 10.2. The van der Waals surface area contributed by atoms with Gasteiger partial charge >= 0.3 is 12.0 Å². The molecule has 0 aliphatic rings. The number of carbonyl (C=O) groups is 3. The van der Waals surface area contributed by atoms with Crippen molar-refractivity contribution >= 4 is 23.6 Å². The molecular weight excluding hydrogens is 250 g/mol. The van der Waals surface area contributed by atoms with Crippen molar-refractivity contribution in [2.24, 2.45) is 0 Å². The van der Waals surface area contributed by atoms with E-state index in [1.165, 1.54) is 0 Å². The van der Waals surface area contributed by atoms with Crippen LogP contribution >= 0.6 is 0 Å². The number of urea groups is 1. The van der Waals surface area contributed by atoms with Gasteiger partial charge in [-0.1, -0.05) is 18.2 Å². The number of carboxylic acids is 1. The Kier molecular flexibility index (Phi) is 5.87. The quantitative estimate of drug-likeness (QED) is 0.597. The van der Waals surface area contributed by atoms with Crippen molar-refractivity contribution in [3.05, 3.63) is 30.3 Å². The second-order valence-electron chi connectivity index (χ2n) is 3.67. The first kappa shape index (κ1) is 14.5. The molecule has 0 aliphatic carbocycles. The largest absolute Gasteiger partial charge is 0.481 e. The normalized spacial score (nSPS) is 9.47. The second-order valence-corrected chi connectivity index (χ2v) is 3.67. The van der Waals surface area contributed by atoms with E-state index in [2.05, 4.69) is 16.0 Å². The van der Waals surface area contributed by atoms with E-state index in [-0.39, 0.29) is 19.5 Å². The summed E-state index contributed by atoms with van der Waals surface area (Å²) in [5.41, 5.74) is 0.617. The van der Waals surface area contributed by atoms with Gasteiger partial charge in [0.05, 0.1) is 13.0 Å². The third-order valence-corrected chi connectivity index (χ3v) is 2.10. The molecule has 4 N–H and O–H groups in total. The Bertz CT molecular complexity index is 448. The molecule has 0 heterocycles. The van der Waals surface area contributed by atoms with Gasteiger partial charge in [-0.3, -0.25) is 9.59 Å². The predicted molar refractivity (Wildman–Crippen MR) is 68.7 cm³/mol. The molecule has 7 nitrogen and oxygen atoms in total. The molecule has 0 bridgehead atoms. The maximum absolute atomic E-state index is 11.4. The first-order valence-corrected chi connectivity index (χ1v) is 5.66. The van der Waals surface area contributed by atoms with Crippen LogP contribution in [0.2, 0.25) is 0 Å². The van der Waals surface area contributed by atoms with Gasteiger partial charge in [0.25, 0.3) is 0 Å². The molecule has 0 unspecified atom stereocenters. The molecule has 1 rings (SSSR count). The number of anilines is 1. The van der Waals surface area contributed by atoms with E-state index < -0.39 is 17.9 Å². The topological polar surface area (TPSA) is 108 Å². The number of aliphatic carboxylic acids is 1. The highest BCUT2D eigenvalue weighted by Crippen LogP contribution is 2.03. The zero-order chi connectivity index (χ0) is 14.1. The van der Waals surface area contributed by atoms with Crippen LogP contribution in [0.25, 0.3) is 0 Å². The molecule has 102 valence electrons. The van der Waals surface area contributed by atoms with E-state index in [0.29, 0.717) is 5.69 Å². The van der Waals surface area contributed by atoms with Crippen LogP contribution in [0.15, 0.2) is 30.3 Å². The van der Waals surface area contributed by atoms with Gasteiger partial charge in [0, 0.05) is 12.2 Å². The van der Waals surface area contributed by atoms with Crippen molar-refractivity contribution in [2.75, 3.05) is 18.4 Å². The standard InChI is InChI=1S/C12H15N3O4/c16-10(13-7-6-11(17)18)8-14-12(19)15-9-4-2-1-3-5-9/h1-5H,6-8H2,(H,13,16)(H,17,18)(H2,14,15,19). The minimum absolute atomic E-state index is 0.0378. The minimum Gasteiger partial charge on any atom is -0.481 e. The van der Waals surface area contributed by atoms with Gasteiger partial charge < -0.3 is 21.1 Å². The summed E-state index contributed by atoms with van der Waals surface area (Å²) in [7, 11) is 0. The molecule has 1 aromatic rings. The third kappa shape index (κ3) is 6.67. The number of hydrogen-bond acceptors (Lipinski definition) is 3. The van der Waals surface area contributed by atoms with E-state index in [9.17, 15) is 14.4 Å². The molecule has 19 heavy (non-hydrogen) atoms. The van der Waals surface area contributed by atoms with Gasteiger partial charge in [0.1, 0.15) is 0 Å². The van der Waals surface area contributed by atoms with Gasteiger partial charge in [0.2, 0.25) is 5.91 Å². The molecule has 0 spiro atoms. The Morgan fingerprint density at radius 2 is 1.74 bits per heavy atom. The zero-order valence-corrected chi connectivity index (χ0v) is 10.2. The molecular formula is C12H15N3O4. The summed E-state index contributed by atoms with van der Waals surface area (Å²) >= 11 is 0. The third-order valence-electron chi connectivity index (χ3n) is 2.10. The number of carbonyl (C=O) groups excluding carboxylic acids is 2. The van der Waals surface area contributed by atoms with Gasteiger partial charge in [0.15, 0.2) is 0 Å². The molecule has 0 saturated heterocycles. The number of rotatable bonds is 6. The number of para-hydroxylation sites is 1. The monoisotopic (exact) mass is 265 g/mol. The molecule has 1 aromatic carbocycles. The molecule has 0 aliphatic heterocycles. The molecule has 0 aromatic heterocycles. The Balaban J connectivity index is 2.19. The lowest BCUT2D eigenvalue weighted by atomic mass is 10.3. The Hall–Kier alpha value is -2.57. The van der Waals surface area contributed by atoms with Crippen LogP contribution in [0.3, 0.4) is 0 Å². The minimum atomic E-state index is -0.991. The van der Waals surface area contributed by atoms with Gasteiger partial charge in [-0.15, -0.1) is 0 Å². The fourth-order valence-electron chi connectivity index (χ4n) is 1.23. The van der Waals surface area contributed by atoms with E-state index in [4.69, 9.17) is 5.11 Å². The highest BCUT2D eigenvalue weighted by Gasteiger charge is 2.05. The van der Waals surface area contributed by atoms with E-state index in [1.54, 1.807) is 24.3 Å². The van der Waals surface area contributed by atoms with E-state index in [1.807, 2.05) is 6.07 Å². The van der Waals surface area contributed by atoms with Crippen LogP contribution in [0.1, 0.15) is 6.42 Å². The lowest BCUT2D eigenvalue weighted by Crippen LogP contribution is -2.39. The van der Waals surface area contributed by atoms with Crippen LogP contribution in [0.4, 0.5) is 10.5 Å². The lowest BCUT2D eigenvalue weighted by Gasteiger charge is -2.07. The number of nitrogens with one attached hydrogen (secondary N) is 3. The Morgan fingerprint density at radius 1 is 1.05 bits per heavy atom. The van der Waals surface area contributed by atoms with Crippen molar-refractivity contribution in [3.63, 3.8) is 0 Å². The van der Waals surface area contributed by atoms with Crippen LogP contribution in [-0.4, -0.2) is 36.1 Å². The second kappa shape index (κ2) is 7.70. The van der Waals surface area contributed by atoms with Crippen LogP contribution in [-0.2, 0) is 9.59 Å². The Morgan fingerprint density at radius 3 is 2.37 bits per heavy atom. The molecule has 0 radical (unpaired) electrons. The highest BCUT2D eigenvalue weighted by atomic mass is 16.4. The fraction of sp³-hybridized carbons (Fsp3) is 0.250. The van der Waals surface area contributed by atoms with Crippen molar-refractivity contribution in [1.29, 1.82) is 0 Å². The van der Waals surface area contributed by atoms with Gasteiger partial charge in [-0.05, 0) is 12.1 Å². The fourth-order valence-corrected chi connectivity index (χ4v) is 1.23. The van der Waals surface area contributed by atoms with Crippen LogP contribution < -0.4 is 16.0 Å². The number of hydrogen-bond donors (Lipinski definition) is 4. The molecule has 0 saturated carbocycles. The summed E-state index contributed by atoms with van der Waals surface area (Å²) in [6.45, 7) is -0.172. The lowest BCUT2D eigenvalue weighted by molar-refractivity contribution is -0.136. The van der Waals surface area contributed by atoms with Crippen molar-refractivity contribution < 1.29 is 19.5 Å². The highest BCUT2D eigenvalue weighted by molar-refractivity contribution is 5.92. The van der Waals surface area contributed by atoms with Crippen LogP contribution in [0, 0.1) is 0 Å². The maximum Gasteiger partial charge on any atom is 0.319 e. The number of benzene rings is 1. The smallest absolute Gasteiger partial charge is 0.319 e. The first-order chi connectivity index (χ1) is 9.08. The summed E-state index contributed by atoms with van der Waals surface area (Å²) in [6, 6.07) is 8.29.